The van der Waals surface area contributed by atoms with Crippen LogP contribution in [0.15, 0.2) is 18.2 Å². The first kappa shape index (κ1) is 9.16. The van der Waals surface area contributed by atoms with E-state index < -0.39 is 0 Å². The highest BCUT2D eigenvalue weighted by atomic mass is 19.1. The van der Waals surface area contributed by atoms with E-state index in [9.17, 15) is 4.39 Å². The van der Waals surface area contributed by atoms with Gasteiger partial charge in [-0.2, -0.15) is 0 Å². The average Bonchev–Trinajstić information content (AvgIpc) is 2.03. The molecule has 1 atom stereocenters. The third-order valence-electron chi connectivity index (χ3n) is 1.89. The van der Waals surface area contributed by atoms with Gasteiger partial charge in [-0.05, 0) is 30.2 Å². The normalized spacial score (nSPS) is 13.0. The Bertz CT molecular complexity index is 273. The van der Waals surface area contributed by atoms with Crippen LogP contribution in [0.4, 0.5) is 4.39 Å². The van der Waals surface area contributed by atoms with Crippen LogP contribution in [0.25, 0.3) is 0 Å². The lowest BCUT2D eigenvalue weighted by Crippen LogP contribution is -2.21. The lowest BCUT2D eigenvalue weighted by Gasteiger charge is -2.11. The molecule has 0 bridgehead atoms. The fraction of sp³-hybridized carbons (Fsp3) is 0.333. The van der Waals surface area contributed by atoms with Crippen LogP contribution < -0.4 is 11.5 Å². The summed E-state index contributed by atoms with van der Waals surface area (Å²) in [5.41, 5.74) is 12.9. The van der Waals surface area contributed by atoms with Crippen molar-refractivity contribution in [2.75, 3.05) is 6.54 Å². The predicted molar refractivity (Wildman–Crippen MR) is 47.1 cm³/mol. The second-order valence-electron chi connectivity index (χ2n) is 2.84. The Morgan fingerprint density at radius 3 is 2.67 bits per heavy atom. The minimum Gasteiger partial charge on any atom is -0.329 e. The highest BCUT2D eigenvalue weighted by molar-refractivity contribution is 5.29. The summed E-state index contributed by atoms with van der Waals surface area (Å²) in [5, 5.41) is 0. The summed E-state index contributed by atoms with van der Waals surface area (Å²) in [5.74, 6) is -0.236. The number of aryl methyl sites for hydroxylation is 1. The lowest BCUT2D eigenvalue weighted by atomic mass is 10.0. The first-order chi connectivity index (χ1) is 5.65. The Morgan fingerprint density at radius 1 is 1.50 bits per heavy atom. The van der Waals surface area contributed by atoms with Gasteiger partial charge in [0, 0.05) is 12.6 Å². The van der Waals surface area contributed by atoms with Gasteiger partial charge in [0.25, 0.3) is 0 Å². The van der Waals surface area contributed by atoms with Crippen LogP contribution in [0.5, 0.6) is 0 Å². The lowest BCUT2D eigenvalue weighted by molar-refractivity contribution is 0.623. The van der Waals surface area contributed by atoms with Crippen molar-refractivity contribution in [3.05, 3.63) is 35.1 Å². The van der Waals surface area contributed by atoms with Gasteiger partial charge in [-0.15, -0.1) is 0 Å². The molecule has 0 spiro atoms. The van der Waals surface area contributed by atoms with Gasteiger partial charge in [-0.25, -0.2) is 4.39 Å². The molecule has 0 aromatic heterocycles. The van der Waals surface area contributed by atoms with Crippen LogP contribution in [0.2, 0.25) is 0 Å². The molecular formula is C9H13FN2. The van der Waals surface area contributed by atoms with E-state index in [1.807, 2.05) is 6.92 Å². The first-order valence-corrected chi connectivity index (χ1v) is 3.87. The van der Waals surface area contributed by atoms with Crippen LogP contribution in [0.1, 0.15) is 17.2 Å². The molecule has 4 N–H and O–H groups in total. The first-order valence-electron chi connectivity index (χ1n) is 3.87. The van der Waals surface area contributed by atoms with E-state index in [4.69, 9.17) is 11.5 Å². The van der Waals surface area contributed by atoms with Gasteiger partial charge in [-0.3, -0.25) is 0 Å². The molecule has 0 radical (unpaired) electrons. The predicted octanol–water partition coefficient (Wildman–Crippen LogP) is 1.09. The van der Waals surface area contributed by atoms with Gasteiger partial charge in [0.15, 0.2) is 0 Å². The number of benzene rings is 1. The van der Waals surface area contributed by atoms with Crippen LogP contribution in [-0.4, -0.2) is 6.54 Å². The molecule has 1 rings (SSSR count). The zero-order chi connectivity index (χ0) is 9.14. The minimum absolute atomic E-state index is 0.189. The fourth-order valence-corrected chi connectivity index (χ4v) is 1.18. The van der Waals surface area contributed by atoms with E-state index >= 15 is 0 Å². The van der Waals surface area contributed by atoms with E-state index in [1.165, 1.54) is 12.1 Å². The molecule has 3 heteroatoms. The molecule has 0 amide bonds. The molecular weight excluding hydrogens is 155 g/mol. The number of rotatable bonds is 2. The van der Waals surface area contributed by atoms with Gasteiger partial charge < -0.3 is 11.5 Å². The zero-order valence-corrected chi connectivity index (χ0v) is 7.05. The molecule has 1 unspecified atom stereocenters. The minimum atomic E-state index is -0.236. The van der Waals surface area contributed by atoms with E-state index in [0.29, 0.717) is 6.54 Å². The van der Waals surface area contributed by atoms with Crippen molar-refractivity contribution in [3.63, 3.8) is 0 Å². The van der Waals surface area contributed by atoms with Crippen molar-refractivity contribution in [2.45, 2.75) is 13.0 Å². The molecule has 1 aromatic carbocycles. The maximum atomic E-state index is 12.6. The molecule has 0 aliphatic rings. The second-order valence-corrected chi connectivity index (χ2v) is 2.84. The van der Waals surface area contributed by atoms with E-state index in [1.54, 1.807) is 6.07 Å². The SMILES string of the molecule is Cc1cc(F)ccc1C(N)CN. The van der Waals surface area contributed by atoms with E-state index in [0.717, 1.165) is 11.1 Å². The van der Waals surface area contributed by atoms with Crippen molar-refractivity contribution >= 4 is 0 Å². The second kappa shape index (κ2) is 3.65. The highest BCUT2D eigenvalue weighted by Gasteiger charge is 2.06. The van der Waals surface area contributed by atoms with Crippen molar-refractivity contribution in [3.8, 4) is 0 Å². The average molecular weight is 168 g/mol. The Labute approximate surface area is 71.4 Å². The fourth-order valence-electron chi connectivity index (χ4n) is 1.18. The number of halogens is 1. The summed E-state index contributed by atoms with van der Waals surface area (Å²) < 4.78 is 12.6. The summed E-state index contributed by atoms with van der Waals surface area (Å²) in [6, 6.07) is 4.36. The monoisotopic (exact) mass is 168 g/mol. The third kappa shape index (κ3) is 1.81. The smallest absolute Gasteiger partial charge is 0.123 e. The van der Waals surface area contributed by atoms with Crippen molar-refractivity contribution in [2.24, 2.45) is 11.5 Å². The summed E-state index contributed by atoms with van der Waals surface area (Å²) in [6.07, 6.45) is 0. The van der Waals surface area contributed by atoms with Crippen molar-refractivity contribution in [1.82, 2.24) is 0 Å². The molecule has 0 aliphatic carbocycles. The molecule has 66 valence electrons. The van der Waals surface area contributed by atoms with E-state index in [2.05, 4.69) is 0 Å². The molecule has 0 fully saturated rings. The zero-order valence-electron chi connectivity index (χ0n) is 7.05. The molecule has 0 heterocycles. The van der Waals surface area contributed by atoms with Gasteiger partial charge in [0.05, 0.1) is 0 Å². The number of hydrogen-bond donors (Lipinski definition) is 2. The molecule has 0 aliphatic heterocycles. The molecule has 12 heavy (non-hydrogen) atoms. The van der Waals surface area contributed by atoms with Gasteiger partial charge in [0.2, 0.25) is 0 Å². The Kier molecular flexibility index (Phi) is 2.78. The van der Waals surface area contributed by atoms with Crippen molar-refractivity contribution in [1.29, 1.82) is 0 Å². The van der Waals surface area contributed by atoms with Crippen LogP contribution in [0, 0.1) is 12.7 Å². The van der Waals surface area contributed by atoms with Gasteiger partial charge >= 0.3 is 0 Å². The molecule has 0 saturated carbocycles. The number of nitrogens with two attached hydrogens (primary N) is 2. The topological polar surface area (TPSA) is 52.0 Å². The maximum Gasteiger partial charge on any atom is 0.123 e. The highest BCUT2D eigenvalue weighted by Crippen LogP contribution is 2.15. The van der Waals surface area contributed by atoms with E-state index in [-0.39, 0.29) is 11.9 Å². The Balaban J connectivity index is 3.01. The Morgan fingerprint density at radius 2 is 2.17 bits per heavy atom. The Hall–Kier alpha value is -0.930. The largest absolute Gasteiger partial charge is 0.329 e. The number of hydrogen-bond acceptors (Lipinski definition) is 2. The van der Waals surface area contributed by atoms with Crippen LogP contribution >= 0.6 is 0 Å². The quantitative estimate of drug-likeness (QED) is 0.694. The van der Waals surface area contributed by atoms with Crippen LogP contribution in [0.3, 0.4) is 0 Å². The molecule has 2 nitrogen and oxygen atoms in total. The molecule has 1 aromatic rings. The summed E-state index contributed by atoms with van der Waals surface area (Å²) in [4.78, 5) is 0. The van der Waals surface area contributed by atoms with Crippen molar-refractivity contribution < 1.29 is 4.39 Å². The maximum absolute atomic E-state index is 12.6. The van der Waals surface area contributed by atoms with Gasteiger partial charge in [0.1, 0.15) is 5.82 Å². The summed E-state index contributed by atoms with van der Waals surface area (Å²) in [6.45, 7) is 2.21. The molecule has 0 saturated heterocycles. The summed E-state index contributed by atoms with van der Waals surface area (Å²) >= 11 is 0. The standard InChI is InChI=1S/C9H13FN2/c1-6-4-7(10)2-3-8(6)9(12)5-11/h2-4,9H,5,11-12H2,1H3. The van der Waals surface area contributed by atoms with Gasteiger partial charge in [-0.1, -0.05) is 6.07 Å². The summed E-state index contributed by atoms with van der Waals surface area (Å²) in [7, 11) is 0. The van der Waals surface area contributed by atoms with Crippen LogP contribution in [-0.2, 0) is 0 Å². The third-order valence-corrected chi connectivity index (χ3v) is 1.89.